The summed E-state index contributed by atoms with van der Waals surface area (Å²) in [5.74, 6) is -0.111. The van der Waals surface area contributed by atoms with Crippen LogP contribution in [0, 0.1) is 11.3 Å². The van der Waals surface area contributed by atoms with Gasteiger partial charge in [-0.2, -0.15) is 5.26 Å². The van der Waals surface area contributed by atoms with Crippen molar-refractivity contribution in [2.45, 2.75) is 6.61 Å². The van der Waals surface area contributed by atoms with Crippen LogP contribution >= 0.6 is 0 Å². The quantitative estimate of drug-likeness (QED) is 0.157. The van der Waals surface area contributed by atoms with E-state index in [2.05, 4.69) is 0 Å². The summed E-state index contributed by atoms with van der Waals surface area (Å²) < 4.78 is 15.8. The number of esters is 1. The van der Waals surface area contributed by atoms with Crippen LogP contribution in [0.3, 0.4) is 0 Å². The molecule has 0 aliphatic rings. The number of carbonyl (C=O) groups excluding carboxylic acids is 1. The lowest BCUT2D eigenvalue weighted by molar-refractivity contribution is -0.139. The first-order valence-electron chi connectivity index (χ1n) is 9.46. The standard InChI is InChI=1S/C25H17NO5/c1-29-20-9-6-16(7-10-20)12-18(14-26)25(28)30-15-19-13-23(27)31-22-11-8-17-4-2-3-5-21(17)24(19)22/h2-13H,15H2,1H3. The number of methoxy groups -OCH3 is 1. The number of hydrogen-bond acceptors (Lipinski definition) is 6. The van der Waals surface area contributed by atoms with E-state index in [0.717, 1.165) is 10.8 Å². The molecular weight excluding hydrogens is 394 g/mol. The summed E-state index contributed by atoms with van der Waals surface area (Å²) in [4.78, 5) is 24.5. The monoisotopic (exact) mass is 411 g/mol. The molecule has 4 aromatic rings. The first-order valence-corrected chi connectivity index (χ1v) is 9.46. The number of carbonyl (C=O) groups is 1. The van der Waals surface area contributed by atoms with E-state index in [-0.39, 0.29) is 12.2 Å². The van der Waals surface area contributed by atoms with E-state index < -0.39 is 11.6 Å². The molecule has 0 aliphatic carbocycles. The number of ether oxygens (including phenoxy) is 2. The lowest BCUT2D eigenvalue weighted by Gasteiger charge is -2.09. The number of nitriles is 1. The Kier molecular flexibility index (Phi) is 5.50. The number of benzene rings is 3. The highest BCUT2D eigenvalue weighted by atomic mass is 16.5. The van der Waals surface area contributed by atoms with Gasteiger partial charge in [-0.15, -0.1) is 0 Å². The van der Waals surface area contributed by atoms with Gasteiger partial charge in [-0.05, 0) is 40.6 Å². The Morgan fingerprint density at radius 1 is 1.10 bits per heavy atom. The van der Waals surface area contributed by atoms with Gasteiger partial charge in [0.2, 0.25) is 0 Å². The predicted molar refractivity (Wildman–Crippen MR) is 116 cm³/mol. The third kappa shape index (κ3) is 4.16. The van der Waals surface area contributed by atoms with Gasteiger partial charge in [-0.25, -0.2) is 9.59 Å². The van der Waals surface area contributed by atoms with E-state index >= 15 is 0 Å². The Balaban J connectivity index is 1.64. The molecule has 0 saturated heterocycles. The van der Waals surface area contributed by atoms with Gasteiger partial charge in [0.05, 0.1) is 7.11 Å². The van der Waals surface area contributed by atoms with Crippen LogP contribution in [0.2, 0.25) is 0 Å². The molecule has 1 aromatic heterocycles. The number of hydrogen-bond donors (Lipinski definition) is 0. The van der Waals surface area contributed by atoms with Crippen molar-refractivity contribution in [3.05, 3.63) is 93.9 Å². The van der Waals surface area contributed by atoms with Crippen LogP contribution in [-0.4, -0.2) is 13.1 Å². The molecule has 6 nitrogen and oxygen atoms in total. The lowest BCUT2D eigenvalue weighted by Crippen LogP contribution is -2.09. The molecule has 31 heavy (non-hydrogen) atoms. The van der Waals surface area contributed by atoms with Gasteiger partial charge in [-0.3, -0.25) is 0 Å². The van der Waals surface area contributed by atoms with Gasteiger partial charge >= 0.3 is 11.6 Å². The van der Waals surface area contributed by atoms with E-state index in [1.165, 1.54) is 12.1 Å². The Morgan fingerprint density at radius 2 is 1.87 bits per heavy atom. The van der Waals surface area contributed by atoms with E-state index in [1.807, 2.05) is 36.4 Å². The molecular formula is C25H17NO5. The minimum atomic E-state index is -0.778. The maximum atomic E-state index is 12.5. The summed E-state index contributed by atoms with van der Waals surface area (Å²) in [6.45, 7) is -0.170. The molecule has 3 aromatic carbocycles. The largest absolute Gasteiger partial charge is 0.497 e. The van der Waals surface area contributed by atoms with E-state index in [4.69, 9.17) is 13.9 Å². The fourth-order valence-corrected chi connectivity index (χ4v) is 3.36. The third-order valence-electron chi connectivity index (χ3n) is 4.84. The van der Waals surface area contributed by atoms with Crippen molar-refractivity contribution in [2.24, 2.45) is 0 Å². The summed E-state index contributed by atoms with van der Waals surface area (Å²) in [6, 6.07) is 21.3. The van der Waals surface area contributed by atoms with Crippen molar-refractivity contribution in [3.63, 3.8) is 0 Å². The van der Waals surface area contributed by atoms with Gasteiger partial charge in [0.25, 0.3) is 0 Å². The molecule has 0 N–H and O–H groups in total. The first-order chi connectivity index (χ1) is 15.1. The van der Waals surface area contributed by atoms with Crippen LogP contribution in [0.25, 0.3) is 27.8 Å². The van der Waals surface area contributed by atoms with Crippen LogP contribution in [-0.2, 0) is 16.1 Å². The molecule has 0 saturated carbocycles. The fourth-order valence-electron chi connectivity index (χ4n) is 3.36. The highest BCUT2D eigenvalue weighted by Crippen LogP contribution is 2.28. The molecule has 4 rings (SSSR count). The fraction of sp³-hybridized carbons (Fsp3) is 0.0800. The summed E-state index contributed by atoms with van der Waals surface area (Å²) in [7, 11) is 1.56. The third-order valence-corrected chi connectivity index (χ3v) is 4.84. The molecule has 6 heteroatoms. The summed E-state index contributed by atoms with van der Waals surface area (Å²) in [5, 5.41) is 11.9. The summed E-state index contributed by atoms with van der Waals surface area (Å²) in [5.41, 5.74) is 0.890. The van der Waals surface area contributed by atoms with Crippen LogP contribution in [0.15, 0.2) is 81.5 Å². The van der Waals surface area contributed by atoms with Gasteiger partial charge in [0, 0.05) is 17.0 Å². The maximum Gasteiger partial charge on any atom is 0.349 e. The van der Waals surface area contributed by atoms with Crippen molar-refractivity contribution < 1.29 is 18.7 Å². The molecule has 0 fully saturated rings. The van der Waals surface area contributed by atoms with Crippen molar-refractivity contribution in [2.75, 3.05) is 7.11 Å². The average Bonchev–Trinajstić information content (AvgIpc) is 2.80. The Bertz CT molecular complexity index is 1410. The van der Waals surface area contributed by atoms with Crippen molar-refractivity contribution in [1.82, 2.24) is 0 Å². The van der Waals surface area contributed by atoms with Crippen LogP contribution in [0.5, 0.6) is 5.75 Å². The average molecular weight is 411 g/mol. The number of rotatable bonds is 5. The van der Waals surface area contributed by atoms with Crippen LogP contribution in [0.1, 0.15) is 11.1 Å². The highest BCUT2D eigenvalue weighted by molar-refractivity contribution is 6.07. The topological polar surface area (TPSA) is 89.5 Å². The van der Waals surface area contributed by atoms with E-state index in [1.54, 1.807) is 37.4 Å². The highest BCUT2D eigenvalue weighted by Gasteiger charge is 2.15. The molecule has 0 bridgehead atoms. The Labute approximate surface area is 177 Å². The van der Waals surface area contributed by atoms with Crippen LogP contribution in [0.4, 0.5) is 0 Å². The lowest BCUT2D eigenvalue weighted by atomic mass is 10.0. The van der Waals surface area contributed by atoms with E-state index in [9.17, 15) is 14.9 Å². The zero-order valence-corrected chi connectivity index (χ0v) is 16.6. The zero-order valence-electron chi connectivity index (χ0n) is 16.6. The molecule has 0 amide bonds. The SMILES string of the molecule is COc1ccc(C=C(C#N)C(=O)OCc2cc(=O)oc3ccc4ccccc4c23)cc1. The van der Waals surface area contributed by atoms with Gasteiger partial charge in [0.1, 0.15) is 29.6 Å². The maximum absolute atomic E-state index is 12.5. The van der Waals surface area contributed by atoms with E-state index in [0.29, 0.717) is 27.8 Å². The van der Waals surface area contributed by atoms with Crippen LogP contribution < -0.4 is 10.4 Å². The van der Waals surface area contributed by atoms with Crippen molar-refractivity contribution in [3.8, 4) is 11.8 Å². The summed E-state index contributed by atoms with van der Waals surface area (Å²) >= 11 is 0. The predicted octanol–water partition coefficient (Wildman–Crippen LogP) is 4.61. The number of nitrogens with zero attached hydrogens (tertiary/aromatic N) is 1. The summed E-state index contributed by atoms with van der Waals surface area (Å²) in [6.07, 6.45) is 1.44. The Hall–Kier alpha value is -4.37. The molecule has 0 radical (unpaired) electrons. The van der Waals surface area contributed by atoms with Crippen molar-refractivity contribution in [1.29, 1.82) is 5.26 Å². The van der Waals surface area contributed by atoms with Gasteiger partial charge in [-0.1, -0.05) is 42.5 Å². The second kappa shape index (κ2) is 8.56. The van der Waals surface area contributed by atoms with Crippen molar-refractivity contribution >= 4 is 33.8 Å². The molecule has 0 spiro atoms. The molecule has 152 valence electrons. The minimum absolute atomic E-state index is 0.151. The first kappa shape index (κ1) is 19.9. The minimum Gasteiger partial charge on any atom is -0.497 e. The molecule has 1 heterocycles. The second-order valence-electron chi connectivity index (χ2n) is 6.77. The smallest absolute Gasteiger partial charge is 0.349 e. The zero-order chi connectivity index (χ0) is 21.8. The number of fused-ring (bicyclic) bond motifs is 3. The molecule has 0 atom stereocenters. The molecule has 0 aliphatic heterocycles. The molecule has 0 unspecified atom stereocenters. The normalized spacial score (nSPS) is 11.3. The Morgan fingerprint density at radius 3 is 2.61 bits per heavy atom. The van der Waals surface area contributed by atoms with Gasteiger partial charge < -0.3 is 13.9 Å². The van der Waals surface area contributed by atoms with Gasteiger partial charge in [0.15, 0.2) is 0 Å². The second-order valence-corrected chi connectivity index (χ2v) is 6.77.